The SMILES string of the molecule is C[n+]1cccc2c1Cc1ccccc1-2.[Cl-]. The van der Waals surface area contributed by atoms with E-state index < -0.39 is 0 Å². The fourth-order valence-electron chi connectivity index (χ4n) is 2.23. The molecule has 1 heterocycles. The zero-order valence-electron chi connectivity index (χ0n) is 8.57. The maximum atomic E-state index is 2.22. The lowest BCUT2D eigenvalue weighted by Crippen LogP contribution is -3.00. The first-order valence-corrected chi connectivity index (χ1v) is 4.92. The van der Waals surface area contributed by atoms with Crippen LogP contribution in [-0.4, -0.2) is 0 Å². The van der Waals surface area contributed by atoms with E-state index in [4.69, 9.17) is 0 Å². The molecule has 0 bridgehead atoms. The third kappa shape index (κ3) is 1.44. The monoisotopic (exact) mass is 217 g/mol. The molecule has 0 spiro atoms. The molecule has 1 aromatic carbocycles. The van der Waals surface area contributed by atoms with Crippen molar-refractivity contribution in [2.24, 2.45) is 7.05 Å². The number of hydrogen-bond acceptors (Lipinski definition) is 0. The van der Waals surface area contributed by atoms with Crippen LogP contribution in [-0.2, 0) is 13.5 Å². The molecule has 76 valence electrons. The molecule has 0 saturated heterocycles. The van der Waals surface area contributed by atoms with Gasteiger partial charge in [-0.25, -0.2) is 4.57 Å². The average Bonchev–Trinajstić information content (AvgIpc) is 2.59. The number of nitrogens with zero attached hydrogens (tertiary/aromatic N) is 1. The quantitative estimate of drug-likeness (QED) is 0.429. The molecule has 0 unspecified atom stereocenters. The van der Waals surface area contributed by atoms with Gasteiger partial charge in [-0.1, -0.05) is 24.3 Å². The zero-order chi connectivity index (χ0) is 9.54. The molecular weight excluding hydrogens is 206 g/mol. The summed E-state index contributed by atoms with van der Waals surface area (Å²) in [5, 5.41) is 0. The summed E-state index contributed by atoms with van der Waals surface area (Å²) < 4.78 is 2.22. The molecule has 0 saturated carbocycles. The van der Waals surface area contributed by atoms with Gasteiger partial charge < -0.3 is 12.4 Å². The van der Waals surface area contributed by atoms with Gasteiger partial charge in [-0.2, -0.15) is 0 Å². The van der Waals surface area contributed by atoms with Crippen LogP contribution in [0, 0.1) is 0 Å². The van der Waals surface area contributed by atoms with E-state index in [-0.39, 0.29) is 12.4 Å². The number of benzene rings is 1. The summed E-state index contributed by atoms with van der Waals surface area (Å²) in [4.78, 5) is 0. The summed E-state index contributed by atoms with van der Waals surface area (Å²) in [7, 11) is 2.12. The van der Waals surface area contributed by atoms with Gasteiger partial charge in [0.05, 0.1) is 6.42 Å². The van der Waals surface area contributed by atoms with Crippen molar-refractivity contribution in [1.82, 2.24) is 0 Å². The lowest BCUT2D eigenvalue weighted by molar-refractivity contribution is -0.677. The molecule has 3 rings (SSSR count). The van der Waals surface area contributed by atoms with Crippen LogP contribution in [0.4, 0.5) is 0 Å². The van der Waals surface area contributed by atoms with E-state index in [1.807, 2.05) is 0 Å². The minimum absolute atomic E-state index is 0. The molecule has 0 atom stereocenters. The van der Waals surface area contributed by atoms with E-state index in [0.717, 1.165) is 6.42 Å². The zero-order valence-corrected chi connectivity index (χ0v) is 9.33. The van der Waals surface area contributed by atoms with Crippen LogP contribution in [0.2, 0.25) is 0 Å². The number of hydrogen-bond donors (Lipinski definition) is 0. The number of aromatic nitrogens is 1. The van der Waals surface area contributed by atoms with Gasteiger partial charge in [0, 0.05) is 11.6 Å². The van der Waals surface area contributed by atoms with E-state index in [1.165, 1.54) is 22.4 Å². The molecule has 2 aromatic rings. The lowest BCUT2D eigenvalue weighted by atomic mass is 10.1. The number of halogens is 1. The van der Waals surface area contributed by atoms with Crippen LogP contribution in [0.25, 0.3) is 11.1 Å². The molecule has 1 aliphatic rings. The van der Waals surface area contributed by atoms with Crippen molar-refractivity contribution < 1.29 is 17.0 Å². The van der Waals surface area contributed by atoms with Crippen molar-refractivity contribution in [3.63, 3.8) is 0 Å². The second-order valence-corrected chi connectivity index (χ2v) is 3.81. The molecular formula is C13H12ClN. The van der Waals surface area contributed by atoms with Gasteiger partial charge in [0.15, 0.2) is 11.9 Å². The van der Waals surface area contributed by atoms with Gasteiger partial charge in [0.1, 0.15) is 7.05 Å². The third-order valence-corrected chi connectivity index (χ3v) is 2.97. The predicted octanol–water partition coefficient (Wildman–Crippen LogP) is -0.914. The Hall–Kier alpha value is -1.34. The van der Waals surface area contributed by atoms with Crippen molar-refractivity contribution in [2.75, 3.05) is 0 Å². The summed E-state index contributed by atoms with van der Waals surface area (Å²) in [6, 6.07) is 13.0. The van der Waals surface area contributed by atoms with Crippen LogP contribution >= 0.6 is 0 Å². The fraction of sp³-hybridized carbons (Fsp3) is 0.154. The minimum atomic E-state index is 0. The van der Waals surface area contributed by atoms with E-state index in [9.17, 15) is 0 Å². The van der Waals surface area contributed by atoms with Crippen molar-refractivity contribution in [3.05, 3.63) is 53.9 Å². The molecule has 2 heteroatoms. The highest BCUT2D eigenvalue weighted by atomic mass is 35.5. The van der Waals surface area contributed by atoms with Crippen molar-refractivity contribution in [3.8, 4) is 11.1 Å². The van der Waals surface area contributed by atoms with Gasteiger partial charge in [0.25, 0.3) is 0 Å². The number of fused-ring (bicyclic) bond motifs is 3. The van der Waals surface area contributed by atoms with Gasteiger partial charge in [-0.15, -0.1) is 0 Å². The molecule has 0 aliphatic heterocycles. The molecule has 1 nitrogen and oxygen atoms in total. The molecule has 1 aromatic heterocycles. The Morgan fingerprint density at radius 1 is 1.00 bits per heavy atom. The lowest BCUT2D eigenvalue weighted by Gasteiger charge is -1.97. The first-order chi connectivity index (χ1) is 6.86. The Morgan fingerprint density at radius 2 is 1.73 bits per heavy atom. The standard InChI is InChI=1S/C13H12N.ClH/c1-14-8-4-7-12-11-6-3-2-5-10(11)9-13(12)14;/h2-8H,9H2,1H3;1H/q+1;/p-1. The van der Waals surface area contributed by atoms with Crippen molar-refractivity contribution >= 4 is 0 Å². The van der Waals surface area contributed by atoms with Crippen molar-refractivity contribution in [2.45, 2.75) is 6.42 Å². The molecule has 15 heavy (non-hydrogen) atoms. The highest BCUT2D eigenvalue weighted by molar-refractivity contribution is 5.73. The van der Waals surface area contributed by atoms with Crippen LogP contribution in [0.3, 0.4) is 0 Å². The molecule has 1 aliphatic carbocycles. The van der Waals surface area contributed by atoms with E-state index in [2.05, 4.69) is 54.2 Å². The first-order valence-electron chi connectivity index (χ1n) is 4.92. The van der Waals surface area contributed by atoms with E-state index >= 15 is 0 Å². The Kier molecular flexibility index (Phi) is 2.49. The minimum Gasteiger partial charge on any atom is -1.00 e. The average molecular weight is 218 g/mol. The number of rotatable bonds is 0. The second kappa shape index (κ2) is 3.67. The van der Waals surface area contributed by atoms with Gasteiger partial charge in [-0.3, -0.25) is 0 Å². The van der Waals surface area contributed by atoms with E-state index in [0.29, 0.717) is 0 Å². The highest BCUT2D eigenvalue weighted by Gasteiger charge is 2.24. The Labute approximate surface area is 95.8 Å². The van der Waals surface area contributed by atoms with E-state index in [1.54, 1.807) is 0 Å². The van der Waals surface area contributed by atoms with Crippen molar-refractivity contribution in [1.29, 1.82) is 0 Å². The van der Waals surface area contributed by atoms with Gasteiger partial charge >= 0.3 is 0 Å². The highest BCUT2D eigenvalue weighted by Crippen LogP contribution is 2.33. The molecule has 0 fully saturated rings. The largest absolute Gasteiger partial charge is 1.00 e. The first kappa shape index (κ1) is 10.2. The second-order valence-electron chi connectivity index (χ2n) is 3.81. The predicted molar refractivity (Wildman–Crippen MR) is 55.9 cm³/mol. The summed E-state index contributed by atoms with van der Waals surface area (Å²) >= 11 is 0. The van der Waals surface area contributed by atoms with Crippen LogP contribution in [0.1, 0.15) is 11.3 Å². The summed E-state index contributed by atoms with van der Waals surface area (Å²) in [6.45, 7) is 0. The maximum absolute atomic E-state index is 2.22. The van der Waals surface area contributed by atoms with Gasteiger partial charge in [-0.05, 0) is 17.2 Å². The Bertz CT molecular complexity index is 506. The maximum Gasteiger partial charge on any atom is 0.193 e. The number of aryl methyl sites for hydroxylation is 1. The topological polar surface area (TPSA) is 3.88 Å². The summed E-state index contributed by atoms with van der Waals surface area (Å²) in [5.74, 6) is 0. The molecule has 0 amide bonds. The smallest absolute Gasteiger partial charge is 0.193 e. The molecule has 0 radical (unpaired) electrons. The molecule has 0 N–H and O–H groups in total. The Balaban J connectivity index is 0.000000853. The summed E-state index contributed by atoms with van der Waals surface area (Å²) in [5.41, 5.74) is 5.67. The van der Waals surface area contributed by atoms with Gasteiger partial charge in [0.2, 0.25) is 0 Å². The van der Waals surface area contributed by atoms with Crippen LogP contribution in [0.15, 0.2) is 42.6 Å². The summed E-state index contributed by atoms with van der Waals surface area (Å²) in [6.07, 6.45) is 3.19. The fourth-order valence-corrected chi connectivity index (χ4v) is 2.23. The Morgan fingerprint density at radius 3 is 2.60 bits per heavy atom. The van der Waals surface area contributed by atoms with Crippen LogP contribution in [0.5, 0.6) is 0 Å². The normalized spacial score (nSPS) is 11.5. The number of pyridine rings is 1. The van der Waals surface area contributed by atoms with Crippen LogP contribution < -0.4 is 17.0 Å². The third-order valence-electron chi connectivity index (χ3n) is 2.97.